The fraction of sp³-hybridized carbons (Fsp3) is 0.348. The number of aryl methyl sites for hydroxylation is 1. The standard InChI is InChI=1S/C23H29N3O3/c1-4-6-7-8-10-18(9-5-2)23(28)24-15-20-14-22(26-29-20)21-13-19(25-16-27)12-11-17(21)3/h4,6,10-14,16H,5,7-9,15H2,1-3H3,(H,24,28)(H,25,27)/b6-4-,18-10+. The van der Waals surface area contributed by atoms with Crippen molar-refractivity contribution in [2.45, 2.75) is 53.0 Å². The molecule has 6 nitrogen and oxygen atoms in total. The van der Waals surface area contributed by atoms with E-state index in [1.54, 1.807) is 0 Å². The quantitative estimate of drug-likeness (QED) is 0.245. The summed E-state index contributed by atoms with van der Waals surface area (Å²) in [6.07, 6.45) is 10.2. The van der Waals surface area contributed by atoms with Crippen molar-refractivity contribution in [2.75, 3.05) is 5.32 Å². The van der Waals surface area contributed by atoms with Crippen LogP contribution in [0.15, 0.2) is 52.6 Å². The van der Waals surface area contributed by atoms with Crippen molar-refractivity contribution in [3.63, 3.8) is 0 Å². The SMILES string of the molecule is C/C=C\CC/C=C(\CCC)C(=O)NCc1cc(-c2cc(NC=O)ccc2C)no1. The number of carbonyl (C=O) groups excluding carboxylic acids is 2. The van der Waals surface area contributed by atoms with Gasteiger partial charge in [0.1, 0.15) is 5.69 Å². The topological polar surface area (TPSA) is 84.2 Å². The minimum absolute atomic E-state index is 0.0707. The van der Waals surface area contributed by atoms with Crippen molar-refractivity contribution in [3.8, 4) is 11.3 Å². The van der Waals surface area contributed by atoms with Gasteiger partial charge in [-0.2, -0.15) is 0 Å². The number of nitrogens with zero attached hydrogens (tertiary/aromatic N) is 1. The summed E-state index contributed by atoms with van der Waals surface area (Å²) in [4.78, 5) is 23.2. The summed E-state index contributed by atoms with van der Waals surface area (Å²) in [6.45, 7) is 6.29. The van der Waals surface area contributed by atoms with Gasteiger partial charge in [0.2, 0.25) is 12.3 Å². The van der Waals surface area contributed by atoms with E-state index < -0.39 is 0 Å². The highest BCUT2D eigenvalue weighted by Crippen LogP contribution is 2.26. The van der Waals surface area contributed by atoms with Crippen molar-refractivity contribution in [1.82, 2.24) is 10.5 Å². The molecule has 0 aliphatic heterocycles. The molecule has 0 spiro atoms. The highest BCUT2D eigenvalue weighted by atomic mass is 16.5. The lowest BCUT2D eigenvalue weighted by molar-refractivity contribution is -0.118. The summed E-state index contributed by atoms with van der Waals surface area (Å²) in [5.41, 5.74) is 4.04. The number of benzene rings is 1. The summed E-state index contributed by atoms with van der Waals surface area (Å²) in [7, 11) is 0. The fourth-order valence-electron chi connectivity index (χ4n) is 2.96. The van der Waals surface area contributed by atoms with Gasteiger partial charge in [-0.1, -0.05) is 42.8 Å². The molecule has 2 aromatic rings. The van der Waals surface area contributed by atoms with Gasteiger partial charge in [-0.25, -0.2) is 0 Å². The van der Waals surface area contributed by atoms with E-state index >= 15 is 0 Å². The van der Waals surface area contributed by atoms with Crippen LogP contribution >= 0.6 is 0 Å². The zero-order chi connectivity index (χ0) is 21.1. The number of rotatable bonds is 11. The number of amides is 2. The van der Waals surface area contributed by atoms with Gasteiger partial charge in [-0.15, -0.1) is 0 Å². The molecule has 0 saturated carbocycles. The molecule has 0 aliphatic carbocycles. The molecule has 1 heterocycles. The first-order valence-electron chi connectivity index (χ1n) is 9.94. The maximum absolute atomic E-state index is 12.5. The lowest BCUT2D eigenvalue weighted by atomic mass is 10.0. The van der Waals surface area contributed by atoms with E-state index in [0.717, 1.165) is 42.4 Å². The van der Waals surface area contributed by atoms with Crippen LogP contribution in [-0.2, 0) is 16.1 Å². The molecule has 29 heavy (non-hydrogen) atoms. The number of allylic oxidation sites excluding steroid dienone is 3. The van der Waals surface area contributed by atoms with Crippen LogP contribution in [0.1, 0.15) is 50.9 Å². The normalized spacial score (nSPS) is 11.6. The molecular formula is C23H29N3O3. The average Bonchev–Trinajstić information content (AvgIpc) is 3.19. The van der Waals surface area contributed by atoms with Gasteiger partial charge < -0.3 is 15.2 Å². The molecule has 2 rings (SSSR count). The van der Waals surface area contributed by atoms with Gasteiger partial charge in [-0.3, -0.25) is 9.59 Å². The molecule has 0 saturated heterocycles. The van der Waals surface area contributed by atoms with Gasteiger partial charge in [0.15, 0.2) is 5.76 Å². The Morgan fingerprint density at radius 3 is 2.79 bits per heavy atom. The lowest BCUT2D eigenvalue weighted by Crippen LogP contribution is -2.24. The second-order valence-electron chi connectivity index (χ2n) is 6.78. The molecule has 0 bridgehead atoms. The molecule has 154 valence electrons. The minimum atomic E-state index is -0.0707. The summed E-state index contributed by atoms with van der Waals surface area (Å²) >= 11 is 0. The van der Waals surface area contributed by atoms with Crippen LogP contribution in [0.5, 0.6) is 0 Å². The van der Waals surface area contributed by atoms with Crippen LogP contribution in [0, 0.1) is 6.92 Å². The van der Waals surface area contributed by atoms with Crippen LogP contribution in [0.25, 0.3) is 11.3 Å². The maximum atomic E-state index is 12.5. The van der Waals surface area contributed by atoms with E-state index in [4.69, 9.17) is 4.52 Å². The minimum Gasteiger partial charge on any atom is -0.359 e. The second-order valence-corrected chi connectivity index (χ2v) is 6.78. The first-order valence-corrected chi connectivity index (χ1v) is 9.94. The van der Waals surface area contributed by atoms with Gasteiger partial charge in [-0.05, 0) is 50.8 Å². The molecule has 0 aliphatic rings. The molecule has 2 N–H and O–H groups in total. The van der Waals surface area contributed by atoms with Crippen LogP contribution in [0.3, 0.4) is 0 Å². The van der Waals surface area contributed by atoms with Crippen molar-refractivity contribution >= 4 is 18.0 Å². The molecule has 6 heteroatoms. The van der Waals surface area contributed by atoms with Crippen LogP contribution < -0.4 is 10.6 Å². The number of anilines is 1. The van der Waals surface area contributed by atoms with E-state index in [9.17, 15) is 9.59 Å². The summed E-state index contributed by atoms with van der Waals surface area (Å²) < 4.78 is 5.39. The van der Waals surface area contributed by atoms with Crippen LogP contribution in [-0.4, -0.2) is 17.5 Å². The first kappa shape index (κ1) is 22.1. The van der Waals surface area contributed by atoms with Gasteiger partial charge >= 0.3 is 0 Å². The van der Waals surface area contributed by atoms with Crippen molar-refractivity contribution in [3.05, 3.63) is 59.4 Å². The third-order valence-electron chi connectivity index (χ3n) is 4.49. The van der Waals surface area contributed by atoms with E-state index in [2.05, 4.69) is 28.8 Å². The van der Waals surface area contributed by atoms with Gasteiger partial charge in [0.25, 0.3) is 0 Å². The number of hydrogen-bond acceptors (Lipinski definition) is 4. The molecule has 1 aromatic carbocycles. The summed E-state index contributed by atoms with van der Waals surface area (Å²) in [5, 5.41) is 9.67. The Morgan fingerprint density at radius 1 is 1.24 bits per heavy atom. The highest BCUT2D eigenvalue weighted by Gasteiger charge is 2.12. The molecule has 2 amide bonds. The number of nitrogens with one attached hydrogen (secondary N) is 2. The molecular weight excluding hydrogens is 366 g/mol. The Bertz CT molecular complexity index is 881. The average molecular weight is 396 g/mol. The van der Waals surface area contributed by atoms with Crippen LogP contribution in [0.2, 0.25) is 0 Å². The van der Waals surface area contributed by atoms with Crippen LogP contribution in [0.4, 0.5) is 5.69 Å². The molecule has 0 fully saturated rings. The summed E-state index contributed by atoms with van der Waals surface area (Å²) in [6, 6.07) is 7.39. The number of unbranched alkanes of at least 4 members (excludes halogenated alkanes) is 1. The Kier molecular flexibility index (Phi) is 8.89. The predicted molar refractivity (Wildman–Crippen MR) is 115 cm³/mol. The number of aromatic nitrogens is 1. The third-order valence-corrected chi connectivity index (χ3v) is 4.49. The first-order chi connectivity index (χ1) is 14.1. The van der Waals surface area contributed by atoms with Gasteiger partial charge in [0.05, 0.1) is 6.54 Å². The number of carbonyl (C=O) groups is 2. The van der Waals surface area contributed by atoms with Crippen molar-refractivity contribution in [1.29, 1.82) is 0 Å². The molecule has 1 aromatic heterocycles. The molecule has 0 radical (unpaired) electrons. The zero-order valence-electron chi connectivity index (χ0n) is 17.3. The zero-order valence-corrected chi connectivity index (χ0v) is 17.3. The van der Waals surface area contributed by atoms with Crippen molar-refractivity contribution in [2.24, 2.45) is 0 Å². The Labute approximate surface area is 172 Å². The Morgan fingerprint density at radius 2 is 2.07 bits per heavy atom. The van der Waals surface area contributed by atoms with E-state index in [0.29, 0.717) is 23.6 Å². The third kappa shape index (κ3) is 6.75. The monoisotopic (exact) mass is 395 g/mol. The highest BCUT2D eigenvalue weighted by molar-refractivity contribution is 5.93. The van der Waals surface area contributed by atoms with E-state index in [1.807, 2.05) is 50.3 Å². The largest absolute Gasteiger partial charge is 0.359 e. The van der Waals surface area contributed by atoms with E-state index in [-0.39, 0.29) is 12.5 Å². The molecule has 0 unspecified atom stereocenters. The predicted octanol–water partition coefficient (Wildman–Crippen LogP) is 4.92. The smallest absolute Gasteiger partial charge is 0.247 e. The number of hydrogen-bond donors (Lipinski definition) is 2. The maximum Gasteiger partial charge on any atom is 0.247 e. The lowest BCUT2D eigenvalue weighted by Gasteiger charge is -2.07. The van der Waals surface area contributed by atoms with E-state index in [1.165, 1.54) is 0 Å². The Balaban J connectivity index is 2.03. The molecule has 0 atom stereocenters. The second kappa shape index (κ2) is 11.6. The Hall–Kier alpha value is -3.15. The summed E-state index contributed by atoms with van der Waals surface area (Å²) in [5.74, 6) is 0.505. The fourth-order valence-corrected chi connectivity index (χ4v) is 2.96. The van der Waals surface area contributed by atoms with Crippen molar-refractivity contribution < 1.29 is 14.1 Å². The van der Waals surface area contributed by atoms with Gasteiger partial charge in [0, 0.05) is 22.9 Å².